The van der Waals surface area contributed by atoms with Crippen molar-refractivity contribution in [1.82, 2.24) is 4.90 Å². The lowest BCUT2D eigenvalue weighted by atomic mass is 10.2. The highest BCUT2D eigenvalue weighted by Crippen LogP contribution is 2.16. The fourth-order valence-corrected chi connectivity index (χ4v) is 2.58. The number of benzene rings is 1. The van der Waals surface area contributed by atoms with Crippen molar-refractivity contribution in [3.63, 3.8) is 0 Å². The van der Waals surface area contributed by atoms with Crippen molar-refractivity contribution in [3.05, 3.63) is 35.9 Å². The number of nitrogens with zero attached hydrogens (tertiary/aromatic N) is 1. The van der Waals surface area contributed by atoms with Crippen molar-refractivity contribution < 1.29 is 19.0 Å². The summed E-state index contributed by atoms with van der Waals surface area (Å²) in [5.74, 6) is 0. The van der Waals surface area contributed by atoms with Crippen LogP contribution in [-0.2, 0) is 20.8 Å². The van der Waals surface area contributed by atoms with Crippen LogP contribution in [0.25, 0.3) is 0 Å². The normalized spacial score (nSPS) is 22.1. The van der Waals surface area contributed by atoms with Gasteiger partial charge in [0.15, 0.2) is 0 Å². The predicted octanol–water partition coefficient (Wildman–Crippen LogP) is 3.62. The summed E-state index contributed by atoms with van der Waals surface area (Å²) in [6, 6.07) is 10.0. The maximum Gasteiger partial charge on any atom is 0.410 e. The number of hydrogen-bond acceptors (Lipinski definition) is 4. The Morgan fingerprint density at radius 3 is 2.67 bits per heavy atom. The Balaban J connectivity index is 1.87. The second kappa shape index (κ2) is 8.49. The average Bonchev–Trinajstić information content (AvgIpc) is 2.68. The minimum atomic E-state index is -0.491. The first-order valence-corrected chi connectivity index (χ1v) is 8.58. The maximum atomic E-state index is 12.3. The van der Waals surface area contributed by atoms with Crippen molar-refractivity contribution in [3.8, 4) is 0 Å². The Labute approximate surface area is 144 Å². The van der Waals surface area contributed by atoms with Gasteiger partial charge in [0.25, 0.3) is 0 Å². The van der Waals surface area contributed by atoms with E-state index in [0.29, 0.717) is 26.3 Å². The van der Waals surface area contributed by atoms with Crippen molar-refractivity contribution in [2.45, 2.75) is 58.5 Å². The molecule has 0 N–H and O–H groups in total. The fourth-order valence-electron chi connectivity index (χ4n) is 2.58. The molecule has 0 bridgehead atoms. The highest BCUT2D eigenvalue weighted by Gasteiger charge is 2.29. The summed E-state index contributed by atoms with van der Waals surface area (Å²) in [4.78, 5) is 14.0. The molecule has 134 valence electrons. The number of carbonyl (C=O) groups is 1. The molecule has 1 amide bonds. The van der Waals surface area contributed by atoms with Gasteiger partial charge in [-0.2, -0.15) is 0 Å². The van der Waals surface area contributed by atoms with Gasteiger partial charge in [0, 0.05) is 6.54 Å². The van der Waals surface area contributed by atoms with Gasteiger partial charge < -0.3 is 19.1 Å². The molecule has 0 aromatic heterocycles. The molecule has 0 unspecified atom stereocenters. The monoisotopic (exact) mass is 335 g/mol. The van der Waals surface area contributed by atoms with Gasteiger partial charge in [0.2, 0.25) is 0 Å². The van der Waals surface area contributed by atoms with E-state index in [1.807, 2.05) is 58.0 Å². The number of carbonyl (C=O) groups excluding carboxylic acids is 1. The number of rotatable bonds is 4. The van der Waals surface area contributed by atoms with Crippen LogP contribution in [-0.4, -0.2) is 48.5 Å². The van der Waals surface area contributed by atoms with E-state index >= 15 is 0 Å². The molecule has 1 heterocycles. The van der Waals surface area contributed by atoms with Crippen molar-refractivity contribution in [2.75, 3.05) is 19.7 Å². The zero-order valence-corrected chi connectivity index (χ0v) is 15.2. The van der Waals surface area contributed by atoms with Crippen molar-refractivity contribution in [2.24, 2.45) is 0 Å². The minimum absolute atomic E-state index is 0.0998. The molecule has 24 heavy (non-hydrogen) atoms. The Morgan fingerprint density at radius 1 is 1.29 bits per heavy atom. The van der Waals surface area contributed by atoms with Gasteiger partial charge in [-0.1, -0.05) is 30.3 Å². The molecule has 1 fully saturated rings. The van der Waals surface area contributed by atoms with E-state index < -0.39 is 5.60 Å². The lowest BCUT2D eigenvalue weighted by molar-refractivity contribution is -0.0524. The minimum Gasteiger partial charge on any atom is -0.444 e. The molecule has 0 aliphatic carbocycles. The van der Waals surface area contributed by atoms with Gasteiger partial charge in [0.05, 0.1) is 32.0 Å². The number of amides is 1. The first kappa shape index (κ1) is 18.7. The quantitative estimate of drug-likeness (QED) is 0.843. The van der Waals surface area contributed by atoms with Gasteiger partial charge in [-0.15, -0.1) is 0 Å². The van der Waals surface area contributed by atoms with E-state index in [4.69, 9.17) is 14.2 Å². The third kappa shape index (κ3) is 6.49. The zero-order valence-electron chi connectivity index (χ0n) is 15.2. The molecule has 0 radical (unpaired) electrons. The molecule has 1 aliphatic rings. The van der Waals surface area contributed by atoms with Crippen LogP contribution in [0.5, 0.6) is 0 Å². The van der Waals surface area contributed by atoms with Crippen LogP contribution in [0, 0.1) is 0 Å². The molecule has 1 saturated heterocycles. The zero-order chi connectivity index (χ0) is 17.6. The van der Waals surface area contributed by atoms with Gasteiger partial charge in [-0.3, -0.25) is 0 Å². The summed E-state index contributed by atoms with van der Waals surface area (Å²) < 4.78 is 17.3. The largest absolute Gasteiger partial charge is 0.444 e. The SMILES string of the molecule is C[C@@H]1CCN(C(=O)OC(C)(C)C)C[C@H](COCc2ccccc2)O1. The Kier molecular flexibility index (Phi) is 6.63. The average molecular weight is 335 g/mol. The van der Waals surface area contributed by atoms with Gasteiger partial charge in [-0.05, 0) is 39.7 Å². The molecule has 0 spiro atoms. The smallest absolute Gasteiger partial charge is 0.410 e. The second-order valence-electron chi connectivity index (χ2n) is 7.28. The van der Waals surface area contributed by atoms with E-state index in [2.05, 4.69) is 0 Å². The molecular weight excluding hydrogens is 306 g/mol. The van der Waals surface area contributed by atoms with E-state index in [-0.39, 0.29) is 18.3 Å². The first-order valence-electron chi connectivity index (χ1n) is 8.58. The molecule has 1 aliphatic heterocycles. The van der Waals surface area contributed by atoms with E-state index in [1.165, 1.54) is 0 Å². The fraction of sp³-hybridized carbons (Fsp3) is 0.632. The molecular formula is C19H29NO4. The molecule has 2 rings (SSSR count). The lowest BCUT2D eigenvalue weighted by Crippen LogP contribution is -2.41. The molecule has 5 heteroatoms. The Morgan fingerprint density at radius 2 is 2.00 bits per heavy atom. The molecule has 1 aromatic rings. The summed E-state index contributed by atoms with van der Waals surface area (Å²) in [6.07, 6.45) is 0.476. The van der Waals surface area contributed by atoms with Crippen molar-refractivity contribution in [1.29, 1.82) is 0 Å². The first-order chi connectivity index (χ1) is 11.3. The van der Waals surface area contributed by atoms with E-state index in [0.717, 1.165) is 12.0 Å². The molecule has 5 nitrogen and oxygen atoms in total. The molecule has 2 atom stereocenters. The predicted molar refractivity (Wildman–Crippen MR) is 92.9 cm³/mol. The van der Waals surface area contributed by atoms with Crippen LogP contribution in [0.1, 0.15) is 39.7 Å². The second-order valence-corrected chi connectivity index (χ2v) is 7.28. The third-order valence-electron chi connectivity index (χ3n) is 3.72. The maximum absolute atomic E-state index is 12.3. The van der Waals surface area contributed by atoms with Crippen LogP contribution < -0.4 is 0 Å². The van der Waals surface area contributed by atoms with Crippen molar-refractivity contribution >= 4 is 6.09 Å². The Hall–Kier alpha value is -1.59. The van der Waals surface area contributed by atoms with Crippen LogP contribution in [0.4, 0.5) is 4.79 Å². The summed E-state index contributed by atoms with van der Waals surface area (Å²) in [7, 11) is 0. The molecule has 1 aromatic carbocycles. The van der Waals surface area contributed by atoms with E-state index in [1.54, 1.807) is 4.90 Å². The third-order valence-corrected chi connectivity index (χ3v) is 3.72. The summed E-state index contributed by atoms with van der Waals surface area (Å²) >= 11 is 0. The summed E-state index contributed by atoms with van der Waals surface area (Å²) in [5, 5.41) is 0. The van der Waals surface area contributed by atoms with Gasteiger partial charge in [0.1, 0.15) is 5.60 Å². The van der Waals surface area contributed by atoms with E-state index in [9.17, 15) is 4.79 Å². The van der Waals surface area contributed by atoms with Crippen LogP contribution >= 0.6 is 0 Å². The Bertz CT molecular complexity index is 512. The van der Waals surface area contributed by atoms with Gasteiger partial charge in [-0.25, -0.2) is 4.79 Å². The van der Waals surface area contributed by atoms with Crippen LogP contribution in [0.15, 0.2) is 30.3 Å². The number of hydrogen-bond donors (Lipinski definition) is 0. The summed E-state index contributed by atoms with van der Waals surface area (Å²) in [6.45, 7) is 9.80. The summed E-state index contributed by atoms with van der Waals surface area (Å²) in [5.41, 5.74) is 0.637. The lowest BCUT2D eigenvalue weighted by Gasteiger charge is -2.27. The van der Waals surface area contributed by atoms with Crippen LogP contribution in [0.3, 0.4) is 0 Å². The van der Waals surface area contributed by atoms with Gasteiger partial charge >= 0.3 is 6.09 Å². The topological polar surface area (TPSA) is 48.0 Å². The number of ether oxygens (including phenoxy) is 3. The molecule has 0 saturated carbocycles. The highest BCUT2D eigenvalue weighted by molar-refractivity contribution is 5.68. The standard InChI is InChI=1S/C19H29NO4/c1-15-10-11-20(18(21)24-19(2,3)4)12-17(23-15)14-22-13-16-8-6-5-7-9-16/h5-9,15,17H,10-14H2,1-4H3/t15-,17-/m1/s1. The highest BCUT2D eigenvalue weighted by atomic mass is 16.6. The van der Waals surface area contributed by atoms with Crippen LogP contribution in [0.2, 0.25) is 0 Å².